The third-order valence-corrected chi connectivity index (χ3v) is 12.8. The fourth-order valence-electron chi connectivity index (χ4n) is 7.75. The number of hydrogen-bond donors (Lipinski definition) is 0. The minimum Gasteiger partial charge on any atom is -0.134 e. The lowest BCUT2D eigenvalue weighted by atomic mass is 9.70. The van der Waals surface area contributed by atoms with E-state index in [-0.39, 0.29) is 0 Å². The van der Waals surface area contributed by atoms with Gasteiger partial charge in [-0.05, 0) is 57.6 Å². The lowest BCUT2D eigenvalue weighted by Crippen LogP contribution is -2.25. The first-order chi connectivity index (χ1) is 20.2. The van der Waals surface area contributed by atoms with E-state index in [4.69, 9.17) is 0 Å². The maximum atomic E-state index is 4.10. The molecule has 4 heteroatoms. The van der Waals surface area contributed by atoms with Gasteiger partial charge in [0.1, 0.15) is 0 Å². The molecule has 2 heterocycles. The number of thiophene rings is 2. The van der Waals surface area contributed by atoms with Gasteiger partial charge in [0.05, 0.1) is 5.41 Å². The molecule has 0 N–H and O–H groups in total. The topological polar surface area (TPSA) is 0 Å². The molecule has 0 radical (unpaired) electrons. The Kier molecular flexibility index (Phi) is 4.52. The highest BCUT2D eigenvalue weighted by Gasteiger charge is 2.53. The SMILES string of the molecule is Brc1cc2c(c3sc4ccccc4c13)-c1c(cc(Br)c3c1sc1ccccc13)C21c2ccccc2-c2ccccc21. The van der Waals surface area contributed by atoms with Crippen LogP contribution < -0.4 is 0 Å². The van der Waals surface area contributed by atoms with E-state index < -0.39 is 5.41 Å². The molecular formula is C37H18Br2S2. The van der Waals surface area contributed by atoms with Crippen LogP contribution >= 0.6 is 54.5 Å². The van der Waals surface area contributed by atoms with Crippen molar-refractivity contribution in [3.8, 4) is 22.3 Å². The molecule has 0 fully saturated rings. The van der Waals surface area contributed by atoms with Crippen molar-refractivity contribution in [2.75, 3.05) is 0 Å². The molecule has 41 heavy (non-hydrogen) atoms. The van der Waals surface area contributed by atoms with Gasteiger partial charge in [-0.3, -0.25) is 0 Å². The van der Waals surface area contributed by atoms with Crippen molar-refractivity contribution in [1.29, 1.82) is 0 Å². The first-order valence-corrected chi connectivity index (χ1v) is 16.9. The average Bonchev–Trinajstić information content (AvgIpc) is 3.72. The van der Waals surface area contributed by atoms with Crippen LogP contribution in [0.3, 0.4) is 0 Å². The van der Waals surface area contributed by atoms with Crippen LogP contribution in [0, 0.1) is 0 Å². The second-order valence-electron chi connectivity index (χ2n) is 11.0. The van der Waals surface area contributed by atoms with Crippen molar-refractivity contribution in [3.63, 3.8) is 0 Å². The molecule has 2 aliphatic rings. The Morgan fingerprint density at radius 1 is 0.463 bits per heavy atom. The molecule has 2 aromatic heterocycles. The van der Waals surface area contributed by atoms with Gasteiger partial charge in [0.25, 0.3) is 0 Å². The Hall–Kier alpha value is -3.28. The molecule has 8 aromatic rings. The van der Waals surface area contributed by atoms with Gasteiger partial charge in [-0.15, -0.1) is 22.7 Å². The third-order valence-electron chi connectivity index (χ3n) is 9.21. The molecule has 0 amide bonds. The zero-order valence-electron chi connectivity index (χ0n) is 21.5. The molecule has 0 saturated heterocycles. The minimum absolute atomic E-state index is 0.391. The van der Waals surface area contributed by atoms with Gasteiger partial charge < -0.3 is 0 Å². The highest BCUT2D eigenvalue weighted by atomic mass is 79.9. The van der Waals surface area contributed by atoms with Crippen LogP contribution in [0.15, 0.2) is 118 Å². The molecule has 1 spiro atoms. The van der Waals surface area contributed by atoms with Gasteiger partial charge in [0.15, 0.2) is 0 Å². The van der Waals surface area contributed by atoms with Crippen LogP contribution in [-0.4, -0.2) is 0 Å². The number of hydrogen-bond acceptors (Lipinski definition) is 2. The summed E-state index contributed by atoms with van der Waals surface area (Å²) in [6, 6.07) is 40.7. The van der Waals surface area contributed by atoms with Crippen LogP contribution in [0.5, 0.6) is 0 Å². The Morgan fingerprint density at radius 2 is 0.878 bits per heavy atom. The predicted octanol–water partition coefficient (Wildman–Crippen LogP) is 12.3. The summed E-state index contributed by atoms with van der Waals surface area (Å²) in [5.41, 5.74) is 10.6. The van der Waals surface area contributed by atoms with Gasteiger partial charge in [-0.25, -0.2) is 0 Å². The summed E-state index contributed by atoms with van der Waals surface area (Å²) in [4.78, 5) is 0. The predicted molar refractivity (Wildman–Crippen MR) is 184 cm³/mol. The molecule has 10 rings (SSSR count). The Balaban J connectivity index is 1.52. The minimum atomic E-state index is -0.391. The second-order valence-corrected chi connectivity index (χ2v) is 14.8. The molecule has 0 bridgehead atoms. The summed E-state index contributed by atoms with van der Waals surface area (Å²) in [7, 11) is 0. The molecule has 0 saturated carbocycles. The fraction of sp³-hybridized carbons (Fsp3) is 0.0270. The van der Waals surface area contributed by atoms with Crippen molar-refractivity contribution in [1.82, 2.24) is 0 Å². The summed E-state index contributed by atoms with van der Waals surface area (Å²) >= 11 is 12.1. The summed E-state index contributed by atoms with van der Waals surface area (Å²) in [6.07, 6.45) is 0. The van der Waals surface area contributed by atoms with Gasteiger partial charge in [0.2, 0.25) is 0 Å². The highest BCUT2D eigenvalue weighted by Crippen LogP contribution is 2.67. The van der Waals surface area contributed by atoms with Crippen molar-refractivity contribution < 1.29 is 0 Å². The maximum Gasteiger partial charge on any atom is 0.0727 e. The Labute approximate surface area is 261 Å². The molecule has 6 aromatic carbocycles. The highest BCUT2D eigenvalue weighted by molar-refractivity contribution is 9.11. The third kappa shape index (κ3) is 2.67. The number of halogens is 2. The zero-order chi connectivity index (χ0) is 27.0. The molecule has 0 nitrogen and oxygen atoms in total. The van der Waals surface area contributed by atoms with E-state index in [0.717, 1.165) is 0 Å². The monoisotopic (exact) mass is 684 g/mol. The largest absolute Gasteiger partial charge is 0.134 e. The van der Waals surface area contributed by atoms with Gasteiger partial charge in [-0.1, -0.05) is 117 Å². The summed E-state index contributed by atoms with van der Waals surface area (Å²) in [5, 5.41) is 5.29. The standard InChI is InChI=1S/C37H18Br2S2/c38-27-17-25-33(35-31(27)21-11-3-7-15-29(21)40-35)34-26(18-28(39)32-22-12-4-8-16-30(22)41-36(32)34)37(25)23-13-5-1-9-19(23)20-10-2-6-14-24(20)37/h1-18H. The lowest BCUT2D eigenvalue weighted by molar-refractivity contribution is 0.794. The summed E-state index contributed by atoms with van der Waals surface area (Å²) in [5.74, 6) is 0. The lowest BCUT2D eigenvalue weighted by Gasteiger charge is -2.30. The van der Waals surface area contributed by atoms with E-state index in [1.165, 1.54) is 93.8 Å². The van der Waals surface area contributed by atoms with Crippen molar-refractivity contribution in [3.05, 3.63) is 140 Å². The van der Waals surface area contributed by atoms with E-state index in [1.807, 2.05) is 22.7 Å². The number of benzene rings is 6. The van der Waals surface area contributed by atoms with Crippen molar-refractivity contribution >= 4 is 94.9 Å². The normalized spacial score (nSPS) is 14.3. The first kappa shape index (κ1) is 23.3. The van der Waals surface area contributed by atoms with E-state index in [2.05, 4.69) is 141 Å². The summed E-state index contributed by atoms with van der Waals surface area (Å²) < 4.78 is 7.74. The molecule has 192 valence electrons. The van der Waals surface area contributed by atoms with Crippen LogP contribution in [-0.2, 0) is 5.41 Å². The van der Waals surface area contributed by atoms with Gasteiger partial charge >= 0.3 is 0 Å². The number of fused-ring (bicyclic) bond motifs is 18. The first-order valence-electron chi connectivity index (χ1n) is 13.7. The van der Waals surface area contributed by atoms with Crippen LogP contribution in [0.4, 0.5) is 0 Å². The second kappa shape index (κ2) is 7.96. The van der Waals surface area contributed by atoms with Crippen LogP contribution in [0.2, 0.25) is 0 Å². The summed E-state index contributed by atoms with van der Waals surface area (Å²) in [6.45, 7) is 0. The molecule has 0 atom stereocenters. The van der Waals surface area contributed by atoms with Gasteiger partial charge in [0, 0.05) is 60.4 Å². The van der Waals surface area contributed by atoms with Crippen molar-refractivity contribution in [2.24, 2.45) is 0 Å². The molecular weight excluding hydrogens is 668 g/mol. The molecule has 2 aliphatic carbocycles. The van der Waals surface area contributed by atoms with Crippen molar-refractivity contribution in [2.45, 2.75) is 5.41 Å². The smallest absolute Gasteiger partial charge is 0.0727 e. The molecule has 0 aliphatic heterocycles. The van der Waals surface area contributed by atoms with Gasteiger partial charge in [-0.2, -0.15) is 0 Å². The fourth-order valence-corrected chi connectivity index (χ4v) is 11.9. The Morgan fingerprint density at radius 3 is 1.37 bits per heavy atom. The van der Waals surface area contributed by atoms with E-state index >= 15 is 0 Å². The molecule has 0 unspecified atom stereocenters. The maximum absolute atomic E-state index is 4.10. The van der Waals surface area contributed by atoms with E-state index in [1.54, 1.807) is 0 Å². The quantitative estimate of drug-likeness (QED) is 0.149. The average molecular weight is 686 g/mol. The van der Waals surface area contributed by atoms with E-state index in [0.29, 0.717) is 0 Å². The van der Waals surface area contributed by atoms with E-state index in [9.17, 15) is 0 Å². The zero-order valence-corrected chi connectivity index (χ0v) is 26.3. The number of rotatable bonds is 0. The Bertz CT molecular complexity index is 2290. The van der Waals surface area contributed by atoms with Crippen LogP contribution in [0.1, 0.15) is 22.3 Å². The van der Waals surface area contributed by atoms with Crippen LogP contribution in [0.25, 0.3) is 62.6 Å².